The summed E-state index contributed by atoms with van der Waals surface area (Å²) < 4.78 is 4.83. The molecule has 17 aromatic carbocycles. The fraction of sp³-hybridized carbons (Fsp3) is 0. The quantitative estimate of drug-likeness (QED) is 0.128. The predicted octanol–water partition coefficient (Wildman–Crippen LogP) is 25.0. The van der Waals surface area contributed by atoms with Gasteiger partial charge in [-0.1, -0.05) is 273 Å². The normalized spacial score (nSPS) is 11.8. The summed E-state index contributed by atoms with van der Waals surface area (Å²) in [5.74, 6) is 3.63. The Balaban J connectivity index is 0.649. The molecular weight excluding hydrogens is 1290 g/mol. The minimum absolute atomic E-state index is 0.586. The van der Waals surface area contributed by atoms with Crippen LogP contribution in [0, 0.1) is 0 Å². The second kappa shape index (κ2) is 24.7. The number of rotatable bonds is 11. The number of nitrogens with zero attached hydrogens (tertiary/aromatic N) is 8. The largest absolute Gasteiger partial charge is 0.309 e. The summed E-state index contributed by atoms with van der Waals surface area (Å²) in [5.41, 5.74) is 18.9. The molecule has 0 saturated carbocycles. The molecule has 0 aliphatic heterocycles. The standard InChI is InChI=1S/C98H60N8/c1-2-20-61(21-3-1)71-46-50-91-85(59-71)81-36-14-16-38-87(81)105(91)89-52-48-83(77-32-10-12-34-79(77)89)97-101-93(99-94(102-97)74-43-40-62-22-4-7-25-65(62)55-74)73-31-19-30-70(58-73)68-28-18-29-69(54-68)72-47-51-92-86(60-72)82-37-15-17-39-88(82)106(92)90-53-49-84(78-33-11-13-35-80(78)90)98-103-95(75-44-41-63-23-5-8-26-66(63)56-75)100-96(104-98)76-45-42-64-24-6-9-27-67(64)57-76/h1-60H. The molecule has 8 heteroatoms. The highest BCUT2D eigenvalue weighted by atomic mass is 15.1. The van der Waals surface area contributed by atoms with Gasteiger partial charge >= 0.3 is 0 Å². The van der Waals surface area contributed by atoms with Crippen LogP contribution >= 0.6 is 0 Å². The molecule has 0 aliphatic rings. The molecule has 8 nitrogen and oxygen atoms in total. The molecule has 4 aromatic heterocycles. The number of hydrogen-bond acceptors (Lipinski definition) is 6. The van der Waals surface area contributed by atoms with Gasteiger partial charge in [0.1, 0.15) is 0 Å². The first-order chi connectivity index (χ1) is 52.5. The average Bonchev–Trinajstić information content (AvgIpc) is 1.54. The van der Waals surface area contributed by atoms with Gasteiger partial charge in [0.05, 0.1) is 33.4 Å². The molecule has 0 aliphatic carbocycles. The topological polar surface area (TPSA) is 87.2 Å². The van der Waals surface area contributed by atoms with Crippen molar-refractivity contribution in [1.29, 1.82) is 0 Å². The summed E-state index contributed by atoms with van der Waals surface area (Å²) in [6.45, 7) is 0. The van der Waals surface area contributed by atoms with E-state index in [1.807, 2.05) is 0 Å². The van der Waals surface area contributed by atoms with Crippen molar-refractivity contribution in [3.63, 3.8) is 0 Å². The van der Waals surface area contributed by atoms with Crippen LogP contribution in [0.3, 0.4) is 0 Å². The number of aromatic nitrogens is 8. The Morgan fingerprint density at radius 2 is 0.443 bits per heavy atom. The van der Waals surface area contributed by atoms with Crippen molar-refractivity contribution < 1.29 is 0 Å². The van der Waals surface area contributed by atoms with Gasteiger partial charge in [-0.15, -0.1) is 0 Å². The SMILES string of the molecule is c1ccc(-c2ccc3c(c2)c2ccccc2n3-c2ccc(-c3nc(-c4cccc(-c5cccc(-c6ccc7c(c6)c6ccccc6n7-c6ccc(-c7nc(-c8ccc9ccccc9c8)nc(-c8ccc9ccccc9c8)n7)c7ccccc67)c5)c4)nc(-c4ccc5ccccc5c4)n3)c3ccccc23)cc1. The second-order valence-corrected chi connectivity index (χ2v) is 27.4. The first-order valence-electron chi connectivity index (χ1n) is 35.9. The molecule has 0 N–H and O–H groups in total. The van der Waals surface area contributed by atoms with Crippen molar-refractivity contribution in [2.24, 2.45) is 0 Å². The third-order valence-electron chi connectivity index (χ3n) is 21.2. The average molecular weight is 1350 g/mol. The molecule has 0 saturated heterocycles. The Morgan fingerprint density at radius 1 is 0.151 bits per heavy atom. The van der Waals surface area contributed by atoms with E-state index in [1.54, 1.807) is 0 Å². The van der Waals surface area contributed by atoms with Crippen LogP contribution in [-0.2, 0) is 0 Å². The molecule has 21 rings (SSSR count). The van der Waals surface area contributed by atoms with Gasteiger partial charge in [-0.2, -0.15) is 0 Å². The van der Waals surface area contributed by atoms with Crippen LogP contribution in [0.4, 0.5) is 0 Å². The Hall–Kier alpha value is -14.3. The van der Waals surface area contributed by atoms with E-state index in [-0.39, 0.29) is 0 Å². The van der Waals surface area contributed by atoms with Gasteiger partial charge in [-0.25, -0.2) is 29.9 Å². The van der Waals surface area contributed by atoms with Crippen molar-refractivity contribution in [3.8, 4) is 113 Å². The van der Waals surface area contributed by atoms with Crippen LogP contribution in [0.15, 0.2) is 364 Å². The van der Waals surface area contributed by atoms with Crippen molar-refractivity contribution in [1.82, 2.24) is 39.0 Å². The molecule has 0 radical (unpaired) electrons. The smallest absolute Gasteiger partial charge is 0.164 e. The van der Waals surface area contributed by atoms with Gasteiger partial charge in [-0.05, 0) is 167 Å². The second-order valence-electron chi connectivity index (χ2n) is 27.4. The van der Waals surface area contributed by atoms with Gasteiger partial charge in [0.2, 0.25) is 0 Å². The zero-order valence-electron chi connectivity index (χ0n) is 57.2. The van der Waals surface area contributed by atoms with E-state index >= 15 is 0 Å². The first kappa shape index (κ1) is 60.4. The number of benzene rings is 17. The molecule has 0 fully saturated rings. The molecule has 106 heavy (non-hydrogen) atoms. The fourth-order valence-electron chi connectivity index (χ4n) is 16.0. The van der Waals surface area contributed by atoms with Crippen LogP contribution in [0.1, 0.15) is 0 Å². The highest BCUT2D eigenvalue weighted by molar-refractivity contribution is 6.14. The van der Waals surface area contributed by atoms with Crippen LogP contribution in [0.25, 0.3) is 211 Å². The van der Waals surface area contributed by atoms with Gasteiger partial charge in [0.15, 0.2) is 34.9 Å². The van der Waals surface area contributed by atoms with Crippen molar-refractivity contribution in [3.05, 3.63) is 364 Å². The highest BCUT2D eigenvalue weighted by Crippen LogP contribution is 2.44. The molecule has 492 valence electrons. The maximum absolute atomic E-state index is 5.46. The van der Waals surface area contributed by atoms with Crippen LogP contribution in [-0.4, -0.2) is 39.0 Å². The Kier molecular flexibility index (Phi) is 14.1. The van der Waals surface area contributed by atoms with Gasteiger partial charge in [0.25, 0.3) is 0 Å². The molecule has 0 unspecified atom stereocenters. The lowest BCUT2D eigenvalue weighted by Gasteiger charge is -2.15. The van der Waals surface area contributed by atoms with E-state index in [4.69, 9.17) is 29.9 Å². The summed E-state index contributed by atoms with van der Waals surface area (Å²) in [6.07, 6.45) is 0. The van der Waals surface area contributed by atoms with E-state index in [1.165, 1.54) is 27.3 Å². The van der Waals surface area contributed by atoms with E-state index in [0.29, 0.717) is 34.9 Å². The molecule has 0 spiro atoms. The lowest BCUT2D eigenvalue weighted by Crippen LogP contribution is -2.02. The maximum Gasteiger partial charge on any atom is 0.164 e. The van der Waals surface area contributed by atoms with E-state index in [2.05, 4.69) is 373 Å². The Labute approximate surface area is 609 Å². The molecule has 0 amide bonds. The van der Waals surface area contributed by atoms with E-state index in [0.717, 1.165) is 148 Å². The number of para-hydroxylation sites is 2. The predicted molar refractivity (Wildman–Crippen MR) is 438 cm³/mol. The number of hydrogen-bond donors (Lipinski definition) is 0. The minimum atomic E-state index is 0.586. The summed E-state index contributed by atoms with van der Waals surface area (Å²) in [6, 6.07) is 130. The van der Waals surface area contributed by atoms with Crippen LogP contribution in [0.5, 0.6) is 0 Å². The summed E-state index contributed by atoms with van der Waals surface area (Å²) in [4.78, 5) is 32.1. The third kappa shape index (κ3) is 10.3. The van der Waals surface area contributed by atoms with E-state index in [9.17, 15) is 0 Å². The zero-order valence-corrected chi connectivity index (χ0v) is 57.2. The molecular formula is C98H60N8. The molecule has 4 heterocycles. The van der Waals surface area contributed by atoms with Crippen LogP contribution < -0.4 is 0 Å². The van der Waals surface area contributed by atoms with Gasteiger partial charge < -0.3 is 9.13 Å². The summed E-state index contributed by atoms with van der Waals surface area (Å²) in [5, 5.41) is 15.8. The van der Waals surface area contributed by atoms with Gasteiger partial charge in [-0.3, -0.25) is 0 Å². The maximum atomic E-state index is 5.46. The lowest BCUT2D eigenvalue weighted by atomic mass is 9.97. The lowest BCUT2D eigenvalue weighted by molar-refractivity contribution is 1.08. The zero-order chi connectivity index (χ0) is 69.8. The summed E-state index contributed by atoms with van der Waals surface area (Å²) >= 11 is 0. The van der Waals surface area contributed by atoms with Crippen molar-refractivity contribution in [2.45, 2.75) is 0 Å². The van der Waals surface area contributed by atoms with Crippen molar-refractivity contribution >= 4 is 97.5 Å². The highest BCUT2D eigenvalue weighted by Gasteiger charge is 2.23. The third-order valence-corrected chi connectivity index (χ3v) is 21.2. The molecule has 0 bridgehead atoms. The van der Waals surface area contributed by atoms with E-state index < -0.39 is 0 Å². The summed E-state index contributed by atoms with van der Waals surface area (Å²) in [7, 11) is 0. The molecule has 0 atom stereocenters. The minimum Gasteiger partial charge on any atom is -0.309 e. The van der Waals surface area contributed by atoms with Gasteiger partial charge in [0, 0.05) is 65.7 Å². The number of fused-ring (bicyclic) bond motifs is 11. The first-order valence-corrected chi connectivity index (χ1v) is 35.9. The fourth-order valence-corrected chi connectivity index (χ4v) is 16.0. The Bertz CT molecular complexity index is 7070. The molecule has 21 aromatic rings. The van der Waals surface area contributed by atoms with Crippen molar-refractivity contribution in [2.75, 3.05) is 0 Å². The monoisotopic (exact) mass is 1350 g/mol. The Morgan fingerprint density at radius 3 is 0.877 bits per heavy atom. The van der Waals surface area contributed by atoms with Crippen LogP contribution in [0.2, 0.25) is 0 Å².